The number of hydrogen-bond donors (Lipinski definition) is 3. The molecule has 0 spiro atoms. The summed E-state index contributed by atoms with van der Waals surface area (Å²) < 4.78 is 27.5. The molecule has 0 atom stereocenters. The van der Waals surface area contributed by atoms with Gasteiger partial charge in [-0.15, -0.1) is 0 Å². The lowest BCUT2D eigenvalue weighted by molar-refractivity contribution is 0.0698. The van der Waals surface area contributed by atoms with Crippen LogP contribution in [0.2, 0.25) is 0 Å². The van der Waals surface area contributed by atoms with Crippen molar-refractivity contribution in [3.8, 4) is 11.1 Å². The fourth-order valence-electron chi connectivity index (χ4n) is 2.21. The number of carbonyl (C=O) groups is 1. The fraction of sp³-hybridized carbons (Fsp3) is 0. The van der Waals surface area contributed by atoms with Gasteiger partial charge in [0, 0.05) is 11.8 Å². The molecule has 0 saturated heterocycles. The molecule has 2 aromatic carbocycles. The van der Waals surface area contributed by atoms with Crippen LogP contribution in [-0.2, 0) is 10.0 Å². The first kappa shape index (κ1) is 15.8. The minimum Gasteiger partial charge on any atom is -0.478 e. The minimum atomic E-state index is -3.93. The van der Waals surface area contributed by atoms with E-state index in [1.54, 1.807) is 30.6 Å². The Morgan fingerprint density at radius 2 is 1.88 bits per heavy atom. The zero-order valence-electron chi connectivity index (χ0n) is 12.3. The molecule has 3 aromatic rings. The Morgan fingerprint density at radius 1 is 1.08 bits per heavy atom. The van der Waals surface area contributed by atoms with Gasteiger partial charge in [0.05, 0.1) is 22.3 Å². The van der Waals surface area contributed by atoms with Gasteiger partial charge in [-0.1, -0.05) is 24.3 Å². The van der Waals surface area contributed by atoms with E-state index in [1.807, 2.05) is 0 Å². The molecule has 0 bridgehead atoms. The maximum absolute atomic E-state index is 12.6. The number of benzene rings is 2. The molecule has 122 valence electrons. The van der Waals surface area contributed by atoms with E-state index in [9.17, 15) is 13.2 Å². The van der Waals surface area contributed by atoms with Gasteiger partial charge in [-0.2, -0.15) is 5.10 Å². The topological polar surface area (TPSA) is 112 Å². The predicted octanol–water partition coefficient (Wildman–Crippen LogP) is 2.58. The molecule has 0 fully saturated rings. The Kier molecular flexibility index (Phi) is 4.05. The third-order valence-corrected chi connectivity index (χ3v) is 4.74. The van der Waals surface area contributed by atoms with Crippen molar-refractivity contribution in [3.63, 3.8) is 0 Å². The molecule has 3 N–H and O–H groups in total. The Balaban J connectivity index is 1.98. The van der Waals surface area contributed by atoms with Crippen LogP contribution < -0.4 is 4.72 Å². The second-order valence-electron chi connectivity index (χ2n) is 4.97. The van der Waals surface area contributed by atoms with Crippen LogP contribution >= 0.6 is 0 Å². The molecule has 0 unspecified atom stereocenters. The van der Waals surface area contributed by atoms with Gasteiger partial charge < -0.3 is 5.11 Å². The van der Waals surface area contributed by atoms with Gasteiger partial charge >= 0.3 is 5.97 Å². The van der Waals surface area contributed by atoms with Gasteiger partial charge in [-0.05, 0) is 29.8 Å². The molecular weight excluding hydrogens is 330 g/mol. The number of aromatic amines is 1. The van der Waals surface area contributed by atoms with Gasteiger partial charge in [0.2, 0.25) is 0 Å². The number of sulfonamides is 1. The molecule has 0 aliphatic heterocycles. The van der Waals surface area contributed by atoms with E-state index in [1.165, 1.54) is 30.3 Å². The van der Waals surface area contributed by atoms with Gasteiger partial charge in [-0.3, -0.25) is 9.82 Å². The first-order chi connectivity index (χ1) is 11.5. The van der Waals surface area contributed by atoms with Crippen LogP contribution in [0.3, 0.4) is 0 Å². The number of aromatic carboxylic acids is 1. The molecule has 24 heavy (non-hydrogen) atoms. The van der Waals surface area contributed by atoms with Crippen molar-refractivity contribution in [2.75, 3.05) is 4.72 Å². The molecule has 0 amide bonds. The van der Waals surface area contributed by atoms with E-state index in [4.69, 9.17) is 5.11 Å². The van der Waals surface area contributed by atoms with Crippen molar-refractivity contribution in [2.24, 2.45) is 0 Å². The molecule has 0 aliphatic carbocycles. The predicted molar refractivity (Wildman–Crippen MR) is 88.2 cm³/mol. The quantitative estimate of drug-likeness (QED) is 0.659. The third kappa shape index (κ3) is 3.13. The van der Waals surface area contributed by atoms with Crippen molar-refractivity contribution in [1.82, 2.24) is 10.2 Å². The van der Waals surface area contributed by atoms with E-state index in [0.717, 1.165) is 5.56 Å². The number of nitrogens with one attached hydrogen (secondary N) is 2. The number of carboxylic acid groups (broad SMARTS) is 1. The first-order valence-corrected chi connectivity index (χ1v) is 8.40. The van der Waals surface area contributed by atoms with Gasteiger partial charge in [0.25, 0.3) is 10.0 Å². The zero-order valence-corrected chi connectivity index (χ0v) is 13.1. The summed E-state index contributed by atoms with van der Waals surface area (Å²) in [5.41, 5.74) is 1.32. The summed E-state index contributed by atoms with van der Waals surface area (Å²) in [7, 11) is -3.93. The summed E-state index contributed by atoms with van der Waals surface area (Å²) in [6, 6.07) is 12.1. The highest BCUT2D eigenvalue weighted by molar-refractivity contribution is 7.92. The van der Waals surface area contributed by atoms with Crippen molar-refractivity contribution in [2.45, 2.75) is 4.90 Å². The second-order valence-corrected chi connectivity index (χ2v) is 6.65. The van der Waals surface area contributed by atoms with Crippen LogP contribution in [0.5, 0.6) is 0 Å². The minimum absolute atomic E-state index is 0.0127. The number of H-pyrrole nitrogens is 1. The van der Waals surface area contributed by atoms with Crippen LogP contribution in [-0.4, -0.2) is 29.7 Å². The average Bonchev–Trinajstić information content (AvgIpc) is 3.09. The molecular formula is C16H13N3O4S. The van der Waals surface area contributed by atoms with Crippen molar-refractivity contribution in [1.29, 1.82) is 0 Å². The largest absolute Gasteiger partial charge is 0.478 e. The SMILES string of the molecule is O=C(O)c1ccccc1NS(=O)(=O)c1cccc(-c2cn[nH]c2)c1. The summed E-state index contributed by atoms with van der Waals surface area (Å²) in [5.74, 6) is -1.21. The standard InChI is InChI=1S/C16H13N3O4S/c20-16(21)14-6-1-2-7-15(14)19-24(22,23)13-5-3-4-11(8-13)12-9-17-18-10-12/h1-10,19H,(H,17,18)(H,20,21). The van der Waals surface area contributed by atoms with E-state index < -0.39 is 16.0 Å². The van der Waals surface area contributed by atoms with E-state index >= 15 is 0 Å². The van der Waals surface area contributed by atoms with Crippen LogP contribution in [0.15, 0.2) is 65.8 Å². The van der Waals surface area contributed by atoms with E-state index in [0.29, 0.717) is 5.56 Å². The molecule has 0 saturated carbocycles. The lowest BCUT2D eigenvalue weighted by atomic mass is 10.1. The molecule has 0 aliphatic rings. The molecule has 1 heterocycles. The first-order valence-electron chi connectivity index (χ1n) is 6.92. The number of aromatic nitrogens is 2. The van der Waals surface area contributed by atoms with E-state index in [-0.39, 0.29) is 16.1 Å². The number of rotatable bonds is 5. The number of nitrogens with zero attached hydrogens (tertiary/aromatic N) is 1. The van der Waals surface area contributed by atoms with Gasteiger partial charge in [-0.25, -0.2) is 13.2 Å². The summed E-state index contributed by atoms with van der Waals surface area (Å²) >= 11 is 0. The van der Waals surface area contributed by atoms with Crippen molar-refractivity contribution in [3.05, 3.63) is 66.5 Å². The smallest absolute Gasteiger partial charge is 0.337 e. The van der Waals surface area contributed by atoms with Gasteiger partial charge in [0.15, 0.2) is 0 Å². The number of anilines is 1. The van der Waals surface area contributed by atoms with Crippen molar-refractivity contribution >= 4 is 21.7 Å². The highest BCUT2D eigenvalue weighted by Crippen LogP contribution is 2.24. The maximum Gasteiger partial charge on any atom is 0.337 e. The molecule has 7 nitrogen and oxygen atoms in total. The fourth-order valence-corrected chi connectivity index (χ4v) is 3.34. The lowest BCUT2D eigenvalue weighted by Crippen LogP contribution is -2.15. The normalized spacial score (nSPS) is 11.2. The summed E-state index contributed by atoms with van der Waals surface area (Å²) in [6.45, 7) is 0. The Morgan fingerprint density at radius 3 is 2.58 bits per heavy atom. The third-order valence-electron chi connectivity index (χ3n) is 3.38. The number of hydrogen-bond acceptors (Lipinski definition) is 4. The molecule has 0 radical (unpaired) electrons. The maximum atomic E-state index is 12.6. The Hall–Kier alpha value is -3.13. The summed E-state index contributed by atoms with van der Waals surface area (Å²) in [5, 5.41) is 15.7. The Labute approximate surface area is 138 Å². The summed E-state index contributed by atoms with van der Waals surface area (Å²) in [4.78, 5) is 11.2. The average molecular weight is 343 g/mol. The highest BCUT2D eigenvalue weighted by Gasteiger charge is 2.18. The molecule has 8 heteroatoms. The van der Waals surface area contributed by atoms with Gasteiger partial charge in [0.1, 0.15) is 0 Å². The molecule has 3 rings (SSSR count). The lowest BCUT2D eigenvalue weighted by Gasteiger charge is -2.11. The van der Waals surface area contributed by atoms with Crippen LogP contribution in [0, 0.1) is 0 Å². The van der Waals surface area contributed by atoms with Crippen LogP contribution in [0.4, 0.5) is 5.69 Å². The molecule has 1 aromatic heterocycles. The summed E-state index contributed by atoms with van der Waals surface area (Å²) in [6.07, 6.45) is 3.23. The monoisotopic (exact) mass is 343 g/mol. The van der Waals surface area contributed by atoms with Crippen LogP contribution in [0.1, 0.15) is 10.4 Å². The van der Waals surface area contributed by atoms with Crippen LogP contribution in [0.25, 0.3) is 11.1 Å². The second kappa shape index (κ2) is 6.17. The Bertz CT molecular complexity index is 982. The number of carboxylic acids is 1. The zero-order chi connectivity index (χ0) is 17.2. The van der Waals surface area contributed by atoms with Crippen molar-refractivity contribution < 1.29 is 18.3 Å². The number of para-hydroxylation sites is 1. The highest BCUT2D eigenvalue weighted by atomic mass is 32.2. The van der Waals surface area contributed by atoms with E-state index in [2.05, 4.69) is 14.9 Å².